The smallest absolute Gasteiger partial charge is 0.303 e. The van der Waals surface area contributed by atoms with Crippen molar-refractivity contribution >= 4 is 5.97 Å². The molecule has 1 aliphatic carbocycles. The van der Waals surface area contributed by atoms with Gasteiger partial charge in [-0.1, -0.05) is 0 Å². The Morgan fingerprint density at radius 3 is 3.18 bits per heavy atom. The number of carboxylic acid groups (broad SMARTS) is 1. The number of aliphatic carboxylic acids is 1. The predicted molar refractivity (Wildman–Crippen MR) is 57.6 cm³/mol. The van der Waals surface area contributed by atoms with Gasteiger partial charge in [0.1, 0.15) is 5.76 Å². The molecule has 3 rings (SSSR count). The summed E-state index contributed by atoms with van der Waals surface area (Å²) in [6.07, 6.45) is 3.61. The van der Waals surface area contributed by atoms with Gasteiger partial charge in [-0.05, 0) is 6.07 Å². The monoisotopic (exact) mass is 233 g/mol. The third-order valence-electron chi connectivity index (χ3n) is 2.87. The van der Waals surface area contributed by atoms with Crippen LogP contribution in [-0.2, 0) is 24.1 Å². The van der Waals surface area contributed by atoms with Crippen molar-refractivity contribution in [1.29, 1.82) is 0 Å². The Hall–Kier alpha value is -2.04. The average molecular weight is 233 g/mol. The minimum Gasteiger partial charge on any atom is -0.481 e. The molecule has 0 aromatic carbocycles. The summed E-state index contributed by atoms with van der Waals surface area (Å²) in [6, 6.07) is 1.86. The van der Waals surface area contributed by atoms with E-state index in [1.165, 1.54) is 0 Å². The number of hydrogen-bond acceptors (Lipinski definition) is 4. The van der Waals surface area contributed by atoms with Gasteiger partial charge in [-0.2, -0.15) is 0 Å². The first kappa shape index (κ1) is 10.1. The zero-order valence-corrected chi connectivity index (χ0v) is 9.10. The molecule has 2 aromatic rings. The third kappa shape index (κ3) is 1.73. The quantitative estimate of drug-likeness (QED) is 0.877. The van der Waals surface area contributed by atoms with Gasteiger partial charge in [-0.3, -0.25) is 4.79 Å². The van der Waals surface area contributed by atoms with Crippen molar-refractivity contribution in [2.75, 3.05) is 0 Å². The van der Waals surface area contributed by atoms with E-state index in [4.69, 9.17) is 13.9 Å². The minimum absolute atomic E-state index is 0.0393. The van der Waals surface area contributed by atoms with Crippen molar-refractivity contribution in [1.82, 2.24) is 4.98 Å². The van der Waals surface area contributed by atoms with Crippen LogP contribution < -0.4 is 0 Å². The Morgan fingerprint density at radius 1 is 1.47 bits per heavy atom. The van der Waals surface area contributed by atoms with E-state index in [0.717, 1.165) is 35.6 Å². The maximum atomic E-state index is 10.5. The van der Waals surface area contributed by atoms with Gasteiger partial charge < -0.3 is 13.9 Å². The second-order valence-electron chi connectivity index (χ2n) is 4.03. The summed E-state index contributed by atoms with van der Waals surface area (Å²) < 4.78 is 10.9. The fraction of sp³-hybridized carbons (Fsp3) is 0.333. The number of nitrogens with zero attached hydrogens (tertiary/aromatic N) is 1. The molecule has 0 spiro atoms. The number of carboxylic acids is 1. The summed E-state index contributed by atoms with van der Waals surface area (Å²) in [5, 5.41) is 8.62. The number of rotatable bonds is 3. The molecule has 0 amide bonds. The van der Waals surface area contributed by atoms with Crippen molar-refractivity contribution in [2.45, 2.75) is 25.7 Å². The lowest BCUT2D eigenvalue weighted by atomic mass is 10.0. The predicted octanol–water partition coefficient (Wildman–Crippen LogP) is 2.05. The molecule has 0 radical (unpaired) electrons. The van der Waals surface area contributed by atoms with Gasteiger partial charge in [0.05, 0.1) is 23.9 Å². The Morgan fingerprint density at radius 2 is 2.35 bits per heavy atom. The molecule has 2 aromatic heterocycles. The molecule has 0 aliphatic heterocycles. The molecule has 88 valence electrons. The van der Waals surface area contributed by atoms with Crippen LogP contribution in [0.15, 0.2) is 21.2 Å². The van der Waals surface area contributed by atoms with Crippen LogP contribution in [0, 0.1) is 0 Å². The van der Waals surface area contributed by atoms with Crippen LogP contribution >= 0.6 is 0 Å². The first-order valence-corrected chi connectivity index (χ1v) is 5.51. The zero-order chi connectivity index (χ0) is 11.8. The van der Waals surface area contributed by atoms with Crippen LogP contribution in [0.1, 0.15) is 23.8 Å². The van der Waals surface area contributed by atoms with Crippen molar-refractivity contribution in [3.05, 3.63) is 29.7 Å². The lowest BCUT2D eigenvalue weighted by Crippen LogP contribution is -2.00. The van der Waals surface area contributed by atoms with E-state index in [1.54, 1.807) is 6.26 Å². The van der Waals surface area contributed by atoms with Gasteiger partial charge in [0.2, 0.25) is 0 Å². The maximum absolute atomic E-state index is 10.5. The normalized spacial score (nSPS) is 13.2. The molecule has 5 nitrogen and oxygen atoms in total. The molecule has 0 fully saturated rings. The highest BCUT2D eigenvalue weighted by Gasteiger charge is 2.24. The first-order chi connectivity index (χ1) is 8.24. The molecule has 1 aliphatic rings. The highest BCUT2D eigenvalue weighted by molar-refractivity contribution is 5.67. The number of aromatic nitrogens is 1. The van der Waals surface area contributed by atoms with Crippen LogP contribution in [0.5, 0.6) is 0 Å². The standard InChI is InChI=1S/C12H11NO4/c14-11(15)4-3-10-13-8-1-2-9-7(5-6-16-9)12(8)17-10/h5-6H,1-4H2,(H,14,15). The highest BCUT2D eigenvalue weighted by Crippen LogP contribution is 2.34. The summed E-state index contributed by atoms with van der Waals surface area (Å²) in [5.41, 5.74) is 1.85. The second-order valence-corrected chi connectivity index (χ2v) is 4.03. The Labute approximate surface area is 97.1 Å². The SMILES string of the molecule is O=C(O)CCc1nc2c(o1)-c1ccoc1CC2. The Bertz CT molecular complexity index is 567. The fourth-order valence-electron chi connectivity index (χ4n) is 2.07. The summed E-state index contributed by atoms with van der Waals surface area (Å²) in [5.74, 6) is 1.30. The van der Waals surface area contributed by atoms with Crippen LogP contribution in [0.25, 0.3) is 11.3 Å². The van der Waals surface area contributed by atoms with Crippen LogP contribution in [0.4, 0.5) is 0 Å². The molecule has 0 saturated heterocycles. The van der Waals surface area contributed by atoms with E-state index in [0.29, 0.717) is 12.3 Å². The van der Waals surface area contributed by atoms with Gasteiger partial charge >= 0.3 is 5.97 Å². The number of oxazole rings is 1. The van der Waals surface area contributed by atoms with Gasteiger partial charge in [-0.15, -0.1) is 0 Å². The number of furan rings is 1. The number of hydrogen-bond donors (Lipinski definition) is 1. The van der Waals surface area contributed by atoms with E-state index in [1.807, 2.05) is 6.07 Å². The summed E-state index contributed by atoms with van der Waals surface area (Å²) >= 11 is 0. The van der Waals surface area contributed by atoms with Gasteiger partial charge in [-0.25, -0.2) is 4.98 Å². The largest absolute Gasteiger partial charge is 0.481 e. The van der Waals surface area contributed by atoms with Gasteiger partial charge in [0.15, 0.2) is 11.7 Å². The number of aryl methyl sites for hydroxylation is 3. The van der Waals surface area contributed by atoms with Crippen molar-refractivity contribution in [2.24, 2.45) is 0 Å². The summed E-state index contributed by atoms with van der Waals surface area (Å²) in [7, 11) is 0. The topological polar surface area (TPSA) is 76.5 Å². The van der Waals surface area contributed by atoms with Crippen LogP contribution in [0.2, 0.25) is 0 Å². The molecule has 0 unspecified atom stereocenters. The van der Waals surface area contributed by atoms with Gasteiger partial charge in [0, 0.05) is 19.3 Å². The average Bonchev–Trinajstić information content (AvgIpc) is 2.91. The lowest BCUT2D eigenvalue weighted by Gasteiger charge is -2.06. The van der Waals surface area contributed by atoms with E-state index in [9.17, 15) is 4.79 Å². The third-order valence-corrected chi connectivity index (χ3v) is 2.87. The molecule has 5 heteroatoms. The summed E-state index contributed by atoms with van der Waals surface area (Å²) in [4.78, 5) is 14.8. The Kier molecular flexibility index (Phi) is 2.24. The molecule has 17 heavy (non-hydrogen) atoms. The molecule has 2 heterocycles. The highest BCUT2D eigenvalue weighted by atomic mass is 16.4. The van der Waals surface area contributed by atoms with E-state index in [-0.39, 0.29) is 6.42 Å². The van der Waals surface area contributed by atoms with Crippen LogP contribution in [0.3, 0.4) is 0 Å². The molecule has 0 bridgehead atoms. The van der Waals surface area contributed by atoms with Crippen molar-refractivity contribution < 1.29 is 18.7 Å². The minimum atomic E-state index is -0.842. The van der Waals surface area contributed by atoms with E-state index in [2.05, 4.69) is 4.98 Å². The molecular formula is C12H11NO4. The van der Waals surface area contributed by atoms with E-state index < -0.39 is 5.97 Å². The Balaban J connectivity index is 1.91. The zero-order valence-electron chi connectivity index (χ0n) is 9.10. The van der Waals surface area contributed by atoms with Crippen molar-refractivity contribution in [3.8, 4) is 11.3 Å². The molecule has 0 atom stereocenters. The van der Waals surface area contributed by atoms with E-state index >= 15 is 0 Å². The maximum Gasteiger partial charge on any atom is 0.303 e. The summed E-state index contributed by atoms with van der Waals surface area (Å²) in [6.45, 7) is 0. The van der Waals surface area contributed by atoms with Crippen molar-refractivity contribution in [3.63, 3.8) is 0 Å². The molecule has 1 N–H and O–H groups in total. The lowest BCUT2D eigenvalue weighted by molar-refractivity contribution is -0.137. The number of carbonyl (C=O) groups is 1. The molecule has 0 saturated carbocycles. The van der Waals surface area contributed by atoms with Crippen LogP contribution in [-0.4, -0.2) is 16.1 Å². The van der Waals surface area contributed by atoms with Gasteiger partial charge in [0.25, 0.3) is 0 Å². The number of fused-ring (bicyclic) bond motifs is 3. The molecular weight excluding hydrogens is 222 g/mol. The second kappa shape index (κ2) is 3.76. The fourth-order valence-corrected chi connectivity index (χ4v) is 2.07. The first-order valence-electron chi connectivity index (χ1n) is 5.51.